The molecule has 0 unspecified atom stereocenters. The highest BCUT2D eigenvalue weighted by atomic mass is 19.3. The van der Waals surface area contributed by atoms with Crippen LogP contribution in [-0.4, -0.2) is 37.9 Å². The van der Waals surface area contributed by atoms with Crippen LogP contribution in [0.2, 0.25) is 0 Å². The lowest BCUT2D eigenvalue weighted by atomic mass is 10.2. The summed E-state index contributed by atoms with van der Waals surface area (Å²) in [6, 6.07) is 6.39. The van der Waals surface area contributed by atoms with Crippen LogP contribution in [0.25, 0.3) is 5.82 Å². The second-order valence-corrected chi connectivity index (χ2v) is 4.81. The quantitative estimate of drug-likeness (QED) is 0.733. The Morgan fingerprint density at radius 2 is 2.00 bits per heavy atom. The molecule has 24 heavy (non-hydrogen) atoms. The molecule has 122 valence electrons. The van der Waals surface area contributed by atoms with Crippen LogP contribution < -0.4 is 4.90 Å². The van der Waals surface area contributed by atoms with Gasteiger partial charge in [0.1, 0.15) is 5.69 Å². The van der Waals surface area contributed by atoms with Crippen LogP contribution in [0.4, 0.5) is 14.5 Å². The molecule has 0 aliphatic carbocycles. The zero-order chi connectivity index (χ0) is 17.1. The fourth-order valence-corrected chi connectivity index (χ4v) is 2.17. The summed E-state index contributed by atoms with van der Waals surface area (Å²) in [4.78, 5) is 17.8. The van der Waals surface area contributed by atoms with Gasteiger partial charge in [0.25, 0.3) is 12.3 Å². The maximum absolute atomic E-state index is 13.6. The van der Waals surface area contributed by atoms with Crippen molar-refractivity contribution in [1.29, 1.82) is 0 Å². The van der Waals surface area contributed by atoms with Crippen LogP contribution >= 0.6 is 0 Å². The predicted octanol–water partition coefficient (Wildman–Crippen LogP) is 2.27. The van der Waals surface area contributed by atoms with E-state index in [1.165, 1.54) is 36.6 Å². The van der Waals surface area contributed by atoms with Crippen molar-refractivity contribution in [3.63, 3.8) is 0 Å². The lowest BCUT2D eigenvalue weighted by Gasteiger charge is -2.16. The SMILES string of the molecule is CN(C(=O)c1cnn(-c2ccccn2)c1C(F)F)c1ccnnc1. The van der Waals surface area contributed by atoms with Crippen molar-refractivity contribution >= 4 is 11.6 Å². The summed E-state index contributed by atoms with van der Waals surface area (Å²) in [5.41, 5.74) is -0.275. The molecule has 1 amide bonds. The molecule has 0 aliphatic heterocycles. The average molecular weight is 330 g/mol. The Morgan fingerprint density at radius 1 is 1.17 bits per heavy atom. The molecule has 3 aromatic rings. The number of carbonyl (C=O) groups excluding carboxylic acids is 1. The summed E-state index contributed by atoms with van der Waals surface area (Å²) < 4.78 is 28.1. The number of alkyl halides is 2. The summed E-state index contributed by atoms with van der Waals surface area (Å²) >= 11 is 0. The van der Waals surface area contributed by atoms with E-state index in [0.717, 1.165) is 10.9 Å². The van der Waals surface area contributed by atoms with Gasteiger partial charge in [0.2, 0.25) is 0 Å². The van der Waals surface area contributed by atoms with Crippen LogP contribution in [0, 0.1) is 0 Å². The maximum atomic E-state index is 13.6. The van der Waals surface area contributed by atoms with E-state index < -0.39 is 18.0 Å². The first-order chi connectivity index (χ1) is 11.6. The van der Waals surface area contributed by atoms with E-state index in [-0.39, 0.29) is 11.4 Å². The molecule has 0 aromatic carbocycles. The van der Waals surface area contributed by atoms with Gasteiger partial charge in [-0.3, -0.25) is 4.79 Å². The molecule has 7 nitrogen and oxygen atoms in total. The fourth-order valence-electron chi connectivity index (χ4n) is 2.17. The Hall–Kier alpha value is -3.23. The molecule has 0 bridgehead atoms. The summed E-state index contributed by atoms with van der Waals surface area (Å²) in [6.07, 6.45) is 2.46. The van der Waals surface area contributed by atoms with E-state index in [0.29, 0.717) is 5.69 Å². The van der Waals surface area contributed by atoms with Gasteiger partial charge in [0.05, 0.1) is 29.8 Å². The first kappa shape index (κ1) is 15.7. The van der Waals surface area contributed by atoms with Gasteiger partial charge in [0, 0.05) is 13.2 Å². The Morgan fingerprint density at radius 3 is 2.62 bits per heavy atom. The minimum Gasteiger partial charge on any atom is -0.310 e. The van der Waals surface area contributed by atoms with Crippen molar-refractivity contribution < 1.29 is 13.6 Å². The molecule has 3 aromatic heterocycles. The third-order valence-electron chi connectivity index (χ3n) is 3.37. The molecule has 0 atom stereocenters. The number of amides is 1. The molecule has 0 radical (unpaired) electrons. The number of anilines is 1. The normalized spacial score (nSPS) is 10.8. The van der Waals surface area contributed by atoms with Gasteiger partial charge in [-0.05, 0) is 18.2 Å². The molecule has 0 saturated carbocycles. The number of hydrogen-bond acceptors (Lipinski definition) is 5. The number of pyridine rings is 1. The first-order valence-corrected chi connectivity index (χ1v) is 6.92. The minimum atomic E-state index is -2.89. The van der Waals surface area contributed by atoms with Crippen molar-refractivity contribution in [1.82, 2.24) is 25.0 Å². The van der Waals surface area contributed by atoms with Gasteiger partial charge in [-0.15, -0.1) is 0 Å². The summed E-state index contributed by atoms with van der Waals surface area (Å²) in [5.74, 6) is -0.416. The second kappa shape index (κ2) is 6.49. The van der Waals surface area contributed by atoms with E-state index >= 15 is 0 Å². The van der Waals surface area contributed by atoms with Crippen molar-refractivity contribution in [2.75, 3.05) is 11.9 Å². The smallest absolute Gasteiger partial charge is 0.281 e. The van der Waals surface area contributed by atoms with E-state index in [4.69, 9.17) is 0 Å². The lowest BCUT2D eigenvalue weighted by molar-refractivity contribution is 0.0976. The van der Waals surface area contributed by atoms with Gasteiger partial charge in [-0.25, -0.2) is 18.4 Å². The van der Waals surface area contributed by atoms with Gasteiger partial charge in [-0.1, -0.05) is 6.07 Å². The number of carbonyl (C=O) groups is 1. The highest BCUT2D eigenvalue weighted by Crippen LogP contribution is 2.26. The number of nitrogens with zero attached hydrogens (tertiary/aromatic N) is 6. The number of aromatic nitrogens is 5. The van der Waals surface area contributed by atoms with E-state index in [1.54, 1.807) is 18.2 Å². The van der Waals surface area contributed by atoms with Crippen LogP contribution in [0.3, 0.4) is 0 Å². The summed E-state index contributed by atoms with van der Waals surface area (Å²) in [5, 5.41) is 11.2. The maximum Gasteiger partial charge on any atom is 0.281 e. The lowest BCUT2D eigenvalue weighted by Crippen LogP contribution is -2.27. The van der Waals surface area contributed by atoms with Crippen LogP contribution in [-0.2, 0) is 0 Å². The Labute approximate surface area is 135 Å². The zero-order valence-electron chi connectivity index (χ0n) is 12.5. The minimum absolute atomic E-state index is 0.199. The molecule has 0 saturated heterocycles. The monoisotopic (exact) mass is 330 g/mol. The number of rotatable bonds is 4. The van der Waals surface area contributed by atoms with Gasteiger partial charge >= 0.3 is 0 Å². The topological polar surface area (TPSA) is 76.8 Å². The van der Waals surface area contributed by atoms with Crippen molar-refractivity contribution in [2.45, 2.75) is 6.43 Å². The van der Waals surface area contributed by atoms with Crippen LogP contribution in [0.5, 0.6) is 0 Å². The number of halogens is 2. The second-order valence-electron chi connectivity index (χ2n) is 4.81. The third-order valence-corrected chi connectivity index (χ3v) is 3.37. The fraction of sp³-hybridized carbons (Fsp3) is 0.133. The molecule has 0 spiro atoms. The average Bonchev–Trinajstić information content (AvgIpc) is 3.07. The van der Waals surface area contributed by atoms with Gasteiger partial charge < -0.3 is 4.90 Å². The molecular formula is C15H12F2N6O. The van der Waals surface area contributed by atoms with Crippen LogP contribution in [0.15, 0.2) is 49.1 Å². The summed E-state index contributed by atoms with van der Waals surface area (Å²) in [7, 11) is 1.46. The predicted molar refractivity (Wildman–Crippen MR) is 81.1 cm³/mol. The highest BCUT2D eigenvalue weighted by Gasteiger charge is 2.28. The van der Waals surface area contributed by atoms with E-state index in [1.807, 2.05) is 0 Å². The summed E-state index contributed by atoms with van der Waals surface area (Å²) in [6.45, 7) is 0. The van der Waals surface area contributed by atoms with Crippen LogP contribution in [0.1, 0.15) is 22.5 Å². The Kier molecular flexibility index (Phi) is 4.23. The van der Waals surface area contributed by atoms with Gasteiger partial charge in [-0.2, -0.15) is 15.3 Å². The molecule has 3 heterocycles. The largest absolute Gasteiger partial charge is 0.310 e. The van der Waals surface area contributed by atoms with E-state index in [2.05, 4.69) is 20.3 Å². The van der Waals surface area contributed by atoms with Crippen molar-refractivity contribution in [2.24, 2.45) is 0 Å². The van der Waals surface area contributed by atoms with E-state index in [9.17, 15) is 13.6 Å². The van der Waals surface area contributed by atoms with Crippen molar-refractivity contribution in [3.05, 3.63) is 60.3 Å². The zero-order valence-corrected chi connectivity index (χ0v) is 12.5. The molecular weight excluding hydrogens is 318 g/mol. The molecule has 9 heteroatoms. The standard InChI is InChI=1S/C15H12F2N6O/c1-22(10-5-7-19-20-8-10)15(24)11-9-21-23(13(11)14(16)17)12-4-2-3-6-18-12/h2-9,14H,1H3. The molecule has 0 N–H and O–H groups in total. The highest BCUT2D eigenvalue weighted by molar-refractivity contribution is 6.06. The third kappa shape index (κ3) is 2.83. The molecule has 3 rings (SSSR count). The molecule has 0 aliphatic rings. The Bertz CT molecular complexity index is 838. The van der Waals surface area contributed by atoms with Gasteiger partial charge in [0.15, 0.2) is 5.82 Å². The molecule has 0 fully saturated rings. The van der Waals surface area contributed by atoms with Crippen molar-refractivity contribution in [3.8, 4) is 5.82 Å². The Balaban J connectivity index is 2.02. The number of hydrogen-bond donors (Lipinski definition) is 0. The first-order valence-electron chi connectivity index (χ1n) is 6.92.